The highest BCUT2D eigenvalue weighted by atomic mass is 16.5. The van der Waals surface area contributed by atoms with Crippen LogP contribution in [0.1, 0.15) is 84.6 Å². The van der Waals surface area contributed by atoms with E-state index in [2.05, 4.69) is 111 Å². The maximum atomic E-state index is 6.64. The molecule has 7 heteroatoms. The third-order valence-corrected chi connectivity index (χ3v) is 10.4. The highest BCUT2D eigenvalue weighted by Gasteiger charge is 2.23. The molecule has 7 nitrogen and oxygen atoms in total. The van der Waals surface area contributed by atoms with Crippen LogP contribution in [-0.2, 0) is 12.0 Å². The van der Waals surface area contributed by atoms with Gasteiger partial charge in [0.05, 0.1) is 29.8 Å². The third kappa shape index (κ3) is 8.18. The molecule has 0 saturated carbocycles. The summed E-state index contributed by atoms with van der Waals surface area (Å²) < 4.78 is 21.7. The first-order valence-electron chi connectivity index (χ1n) is 18.3. The number of aromatic nitrogens is 2. The molecule has 2 fully saturated rings. The van der Waals surface area contributed by atoms with Crippen LogP contribution in [0, 0.1) is 0 Å². The zero-order chi connectivity index (χ0) is 33.7. The van der Waals surface area contributed by atoms with E-state index in [1.54, 1.807) is 0 Å². The van der Waals surface area contributed by atoms with Crippen LogP contribution in [0.5, 0.6) is 23.0 Å². The number of unbranched alkanes of at least 4 members (excludes halogenated alkanes) is 1. The van der Waals surface area contributed by atoms with Crippen LogP contribution in [-0.4, -0.2) is 71.8 Å². The van der Waals surface area contributed by atoms with Crippen molar-refractivity contribution in [3.63, 3.8) is 0 Å². The van der Waals surface area contributed by atoms with Gasteiger partial charge in [-0.1, -0.05) is 46.2 Å². The fraction of sp³-hybridized carbons (Fsp3) is 0.537. The van der Waals surface area contributed by atoms with Gasteiger partial charge < -0.3 is 28.6 Å². The maximum Gasteiger partial charge on any atom is 0.144 e. The molecule has 0 aliphatic carbocycles. The molecule has 2 atom stereocenters. The van der Waals surface area contributed by atoms with Crippen LogP contribution in [0.2, 0.25) is 0 Å². The van der Waals surface area contributed by atoms with E-state index in [0.29, 0.717) is 25.3 Å². The Morgan fingerprint density at radius 2 is 1.42 bits per heavy atom. The van der Waals surface area contributed by atoms with Crippen molar-refractivity contribution in [3.05, 3.63) is 66.2 Å². The van der Waals surface area contributed by atoms with Crippen molar-refractivity contribution in [1.29, 1.82) is 0 Å². The lowest BCUT2D eigenvalue weighted by Gasteiger charge is -2.21. The van der Waals surface area contributed by atoms with Crippen molar-refractivity contribution in [2.75, 3.05) is 40.4 Å². The minimum absolute atomic E-state index is 0.103. The lowest BCUT2D eigenvalue weighted by Crippen LogP contribution is -2.26. The number of fused-ring (bicyclic) bond motifs is 1. The number of hydrogen-bond donors (Lipinski definition) is 0. The van der Waals surface area contributed by atoms with Gasteiger partial charge in [0.25, 0.3) is 0 Å². The summed E-state index contributed by atoms with van der Waals surface area (Å²) in [6.07, 6.45) is 9.24. The Hall–Kier alpha value is -3.55. The molecular formula is C41H56N4O3. The molecule has 48 heavy (non-hydrogen) atoms. The van der Waals surface area contributed by atoms with Gasteiger partial charge in [-0.25, -0.2) is 4.98 Å². The highest BCUT2D eigenvalue weighted by molar-refractivity contribution is 5.83. The Balaban J connectivity index is 1.28. The molecule has 0 radical (unpaired) electrons. The van der Waals surface area contributed by atoms with Gasteiger partial charge in [-0.3, -0.25) is 0 Å². The van der Waals surface area contributed by atoms with Gasteiger partial charge in [0.15, 0.2) is 0 Å². The van der Waals surface area contributed by atoms with E-state index in [1.165, 1.54) is 44.3 Å². The van der Waals surface area contributed by atoms with Gasteiger partial charge in [0.1, 0.15) is 28.8 Å². The van der Waals surface area contributed by atoms with Crippen LogP contribution in [0.25, 0.3) is 22.4 Å². The first kappa shape index (κ1) is 34.3. The van der Waals surface area contributed by atoms with Gasteiger partial charge in [0.2, 0.25) is 0 Å². The number of likely N-dealkylation sites (tertiary alicyclic amines) is 2. The molecule has 0 bridgehead atoms. The maximum absolute atomic E-state index is 6.64. The fourth-order valence-electron chi connectivity index (χ4n) is 7.28. The first-order chi connectivity index (χ1) is 23.2. The Kier molecular flexibility index (Phi) is 11.0. The van der Waals surface area contributed by atoms with E-state index in [-0.39, 0.29) is 5.41 Å². The number of imidazole rings is 1. The average Bonchev–Trinajstić information content (AvgIpc) is 3.78. The van der Waals surface area contributed by atoms with Crippen molar-refractivity contribution in [2.24, 2.45) is 0 Å². The topological polar surface area (TPSA) is 52.0 Å². The molecule has 2 unspecified atom stereocenters. The molecule has 2 aliphatic rings. The minimum Gasteiger partial charge on any atom is -0.493 e. The summed E-state index contributed by atoms with van der Waals surface area (Å²) in [7, 11) is 4.46. The first-order valence-corrected chi connectivity index (χ1v) is 18.3. The molecular weight excluding hydrogens is 596 g/mol. The predicted octanol–water partition coefficient (Wildman–Crippen LogP) is 9.32. The minimum atomic E-state index is 0.103. The fourth-order valence-corrected chi connectivity index (χ4v) is 7.28. The number of aryl methyl sites for hydroxylation is 1. The van der Waals surface area contributed by atoms with E-state index in [4.69, 9.17) is 19.2 Å². The second-order valence-electron chi connectivity index (χ2n) is 15.0. The summed E-state index contributed by atoms with van der Waals surface area (Å²) >= 11 is 0. The van der Waals surface area contributed by atoms with Crippen molar-refractivity contribution in [2.45, 2.75) is 103 Å². The van der Waals surface area contributed by atoms with E-state index >= 15 is 0 Å². The third-order valence-electron chi connectivity index (χ3n) is 10.4. The number of ether oxygens (including phenoxy) is 3. The summed E-state index contributed by atoms with van der Waals surface area (Å²) in [5.41, 5.74) is 4.42. The van der Waals surface area contributed by atoms with Crippen LogP contribution >= 0.6 is 0 Å². The largest absolute Gasteiger partial charge is 0.493 e. The number of rotatable bonds is 14. The zero-order valence-corrected chi connectivity index (χ0v) is 30.1. The second kappa shape index (κ2) is 15.3. The number of hydrogen-bond acceptors (Lipinski definition) is 6. The van der Waals surface area contributed by atoms with E-state index in [1.807, 2.05) is 6.07 Å². The Bertz CT molecular complexity index is 1640. The monoisotopic (exact) mass is 652 g/mol. The molecule has 3 aromatic carbocycles. The van der Waals surface area contributed by atoms with Gasteiger partial charge >= 0.3 is 0 Å². The van der Waals surface area contributed by atoms with Crippen LogP contribution < -0.4 is 14.2 Å². The van der Waals surface area contributed by atoms with Gasteiger partial charge in [-0.05, 0) is 120 Å². The summed E-state index contributed by atoms with van der Waals surface area (Å²) in [5, 5.41) is 0. The summed E-state index contributed by atoms with van der Waals surface area (Å²) in [6.45, 7) is 13.5. The van der Waals surface area contributed by atoms with Crippen molar-refractivity contribution < 1.29 is 14.2 Å². The molecule has 0 amide bonds. The SMILES string of the molecule is CCCCn1c(-c2ccc(OCCC3CCCN3C)cc2OCCC2CCCN2C)nc2ccc(Oc3ccc(C(C)(C)C)cc3)cc21. The highest BCUT2D eigenvalue weighted by Crippen LogP contribution is 2.37. The molecule has 2 saturated heterocycles. The van der Waals surface area contributed by atoms with Gasteiger partial charge in [0, 0.05) is 30.8 Å². The number of benzene rings is 3. The van der Waals surface area contributed by atoms with Crippen molar-refractivity contribution >= 4 is 11.0 Å². The van der Waals surface area contributed by atoms with Gasteiger partial charge in [-0.2, -0.15) is 0 Å². The lowest BCUT2D eigenvalue weighted by molar-refractivity contribution is 0.227. The second-order valence-corrected chi connectivity index (χ2v) is 15.0. The predicted molar refractivity (Wildman–Crippen MR) is 197 cm³/mol. The summed E-state index contributed by atoms with van der Waals surface area (Å²) in [4.78, 5) is 10.1. The van der Waals surface area contributed by atoms with E-state index < -0.39 is 0 Å². The standard InChI is InChI=1S/C41H56N4O3/c1-7-8-25-45-38-28-35(48-33-15-13-30(14-16-33)41(2,3)4)18-20-37(38)42-40(45)36-19-17-34(46-26-21-31-11-9-23-43(31)5)29-39(36)47-27-22-32-12-10-24-44(32)6/h13-20,28-29,31-32H,7-12,21-27H2,1-6H3. The Labute approximate surface area is 288 Å². The molecule has 258 valence electrons. The van der Waals surface area contributed by atoms with Crippen LogP contribution in [0.3, 0.4) is 0 Å². The Morgan fingerprint density at radius 1 is 0.771 bits per heavy atom. The molecule has 0 spiro atoms. The normalized spacial score (nSPS) is 19.0. The summed E-state index contributed by atoms with van der Waals surface area (Å²) in [6, 6.07) is 22.2. The van der Waals surface area contributed by atoms with E-state index in [9.17, 15) is 0 Å². The average molecular weight is 653 g/mol. The van der Waals surface area contributed by atoms with Gasteiger partial charge in [-0.15, -0.1) is 0 Å². The zero-order valence-electron chi connectivity index (χ0n) is 30.1. The molecule has 2 aliphatic heterocycles. The molecule has 4 aromatic rings. The summed E-state index contributed by atoms with van der Waals surface area (Å²) in [5.74, 6) is 4.27. The van der Waals surface area contributed by atoms with E-state index in [0.717, 1.165) is 77.6 Å². The lowest BCUT2D eigenvalue weighted by atomic mass is 9.87. The molecule has 0 N–H and O–H groups in total. The van der Waals surface area contributed by atoms with Crippen molar-refractivity contribution in [1.82, 2.24) is 19.4 Å². The van der Waals surface area contributed by atoms with Crippen LogP contribution in [0.4, 0.5) is 0 Å². The smallest absolute Gasteiger partial charge is 0.144 e. The molecule has 3 heterocycles. The molecule has 1 aromatic heterocycles. The van der Waals surface area contributed by atoms with Crippen LogP contribution in [0.15, 0.2) is 60.7 Å². The van der Waals surface area contributed by atoms with Crippen molar-refractivity contribution in [3.8, 4) is 34.4 Å². The quantitative estimate of drug-likeness (QED) is 0.135. The Morgan fingerprint density at radius 3 is 2.04 bits per heavy atom. The molecule has 6 rings (SSSR count). The number of nitrogens with zero attached hydrogens (tertiary/aromatic N) is 4.